The first-order valence-electron chi connectivity index (χ1n) is 6.45. The molecule has 0 amide bonds. The number of para-hydroxylation sites is 1. The van der Waals surface area contributed by atoms with Crippen molar-refractivity contribution in [2.24, 2.45) is 0 Å². The fourth-order valence-corrected chi connectivity index (χ4v) is 3.82. The van der Waals surface area contributed by atoms with Gasteiger partial charge < -0.3 is 10.1 Å². The molecule has 1 aromatic heterocycles. The van der Waals surface area contributed by atoms with E-state index in [0.29, 0.717) is 0 Å². The molecule has 0 radical (unpaired) electrons. The Balaban J connectivity index is 2.04. The lowest BCUT2D eigenvalue weighted by Crippen LogP contribution is -2.20. The van der Waals surface area contributed by atoms with E-state index >= 15 is 0 Å². The van der Waals surface area contributed by atoms with Crippen LogP contribution in [0.3, 0.4) is 0 Å². The molecular formula is C15H16BrNOS. The molecule has 0 saturated heterocycles. The first kappa shape index (κ1) is 13.2. The molecular weight excluding hydrogens is 322 g/mol. The van der Waals surface area contributed by atoms with E-state index < -0.39 is 0 Å². The van der Waals surface area contributed by atoms with E-state index in [-0.39, 0.29) is 6.04 Å². The van der Waals surface area contributed by atoms with Crippen molar-refractivity contribution < 1.29 is 4.74 Å². The summed E-state index contributed by atoms with van der Waals surface area (Å²) < 4.78 is 7.08. The third-order valence-electron chi connectivity index (χ3n) is 3.48. The minimum atomic E-state index is 0.190. The largest absolute Gasteiger partial charge is 0.493 e. The van der Waals surface area contributed by atoms with Crippen LogP contribution in [-0.4, -0.2) is 13.7 Å². The topological polar surface area (TPSA) is 21.3 Å². The highest BCUT2D eigenvalue weighted by Gasteiger charge is 2.21. The van der Waals surface area contributed by atoms with Crippen LogP contribution in [0.1, 0.15) is 29.2 Å². The van der Waals surface area contributed by atoms with Gasteiger partial charge in [0, 0.05) is 5.56 Å². The number of halogens is 1. The van der Waals surface area contributed by atoms with Gasteiger partial charge in [-0.25, -0.2) is 0 Å². The summed E-state index contributed by atoms with van der Waals surface area (Å²) in [6, 6.07) is 8.84. The van der Waals surface area contributed by atoms with Crippen LogP contribution in [0.5, 0.6) is 5.75 Å². The maximum absolute atomic E-state index is 5.92. The molecule has 1 N–H and O–H groups in total. The Morgan fingerprint density at radius 2 is 2.32 bits per heavy atom. The first-order valence-corrected chi connectivity index (χ1v) is 8.12. The summed E-state index contributed by atoms with van der Waals surface area (Å²) in [6.45, 7) is 0.827. The van der Waals surface area contributed by atoms with Crippen LogP contribution < -0.4 is 10.1 Å². The average molecular weight is 338 g/mol. The number of thiophene rings is 1. The van der Waals surface area contributed by atoms with Gasteiger partial charge in [-0.1, -0.05) is 18.2 Å². The standard InChI is InChI=1S/C15H16BrNOS/c1-17-14(11-8-13(16)19-9-11)12-6-2-4-10-5-3-7-18-15(10)12/h2,4,6,8-9,14,17H,3,5,7H2,1H3. The van der Waals surface area contributed by atoms with Crippen LogP contribution in [0.15, 0.2) is 33.4 Å². The zero-order valence-electron chi connectivity index (χ0n) is 10.8. The number of hydrogen-bond acceptors (Lipinski definition) is 3. The van der Waals surface area contributed by atoms with Gasteiger partial charge in [0.15, 0.2) is 0 Å². The number of ether oxygens (including phenoxy) is 1. The molecule has 19 heavy (non-hydrogen) atoms. The molecule has 1 aromatic carbocycles. The number of aryl methyl sites for hydroxylation is 1. The quantitative estimate of drug-likeness (QED) is 0.908. The molecule has 3 rings (SSSR count). The molecule has 2 aromatic rings. The molecule has 1 atom stereocenters. The third kappa shape index (κ3) is 2.57. The summed E-state index contributed by atoms with van der Waals surface area (Å²) in [7, 11) is 2.00. The SMILES string of the molecule is CNC(c1csc(Br)c1)c1cccc2c1OCCC2. The second-order valence-electron chi connectivity index (χ2n) is 4.69. The Morgan fingerprint density at radius 3 is 3.05 bits per heavy atom. The van der Waals surface area contributed by atoms with Crippen molar-refractivity contribution in [1.82, 2.24) is 5.32 Å². The van der Waals surface area contributed by atoms with E-state index in [4.69, 9.17) is 4.74 Å². The predicted octanol–water partition coefficient (Wildman–Crippen LogP) is 4.14. The van der Waals surface area contributed by atoms with Crippen LogP contribution in [0.2, 0.25) is 0 Å². The average Bonchev–Trinajstić information content (AvgIpc) is 2.86. The Morgan fingerprint density at radius 1 is 1.42 bits per heavy atom. The van der Waals surface area contributed by atoms with Gasteiger partial charge in [0.05, 0.1) is 16.4 Å². The molecule has 1 unspecified atom stereocenters. The molecule has 1 aliphatic rings. The summed E-state index contributed by atoms with van der Waals surface area (Å²) in [5.41, 5.74) is 3.85. The number of benzene rings is 1. The number of hydrogen-bond donors (Lipinski definition) is 1. The highest BCUT2D eigenvalue weighted by Crippen LogP contribution is 2.37. The minimum Gasteiger partial charge on any atom is -0.493 e. The van der Waals surface area contributed by atoms with Crippen molar-refractivity contribution in [2.75, 3.05) is 13.7 Å². The monoisotopic (exact) mass is 337 g/mol. The fraction of sp³-hybridized carbons (Fsp3) is 0.333. The number of rotatable bonds is 3. The van der Waals surface area contributed by atoms with Gasteiger partial charge in [-0.2, -0.15) is 0 Å². The molecule has 0 bridgehead atoms. The summed E-state index contributed by atoms with van der Waals surface area (Å²) in [4.78, 5) is 0. The van der Waals surface area contributed by atoms with E-state index in [0.717, 1.165) is 29.0 Å². The highest BCUT2D eigenvalue weighted by atomic mass is 79.9. The molecule has 4 heteroatoms. The molecule has 0 fully saturated rings. The second kappa shape index (κ2) is 5.65. The Bertz CT molecular complexity index is 581. The molecule has 2 nitrogen and oxygen atoms in total. The van der Waals surface area contributed by atoms with Gasteiger partial charge in [0.2, 0.25) is 0 Å². The summed E-state index contributed by atoms with van der Waals surface area (Å²) in [5, 5.41) is 5.59. The number of fused-ring (bicyclic) bond motifs is 1. The summed E-state index contributed by atoms with van der Waals surface area (Å²) >= 11 is 5.25. The third-order valence-corrected chi connectivity index (χ3v) is 5.01. The van der Waals surface area contributed by atoms with Gasteiger partial charge in [-0.05, 0) is 58.4 Å². The minimum absolute atomic E-state index is 0.190. The lowest BCUT2D eigenvalue weighted by molar-refractivity contribution is 0.283. The highest BCUT2D eigenvalue weighted by molar-refractivity contribution is 9.11. The molecule has 2 heterocycles. The van der Waals surface area contributed by atoms with Crippen molar-refractivity contribution in [3.8, 4) is 5.75 Å². The van der Waals surface area contributed by atoms with E-state index in [1.807, 2.05) is 7.05 Å². The maximum atomic E-state index is 5.92. The lowest BCUT2D eigenvalue weighted by Gasteiger charge is -2.24. The van der Waals surface area contributed by atoms with Gasteiger partial charge in [0.25, 0.3) is 0 Å². The van der Waals surface area contributed by atoms with Gasteiger partial charge >= 0.3 is 0 Å². The van der Waals surface area contributed by atoms with Crippen LogP contribution in [-0.2, 0) is 6.42 Å². The molecule has 100 valence electrons. The molecule has 0 aliphatic carbocycles. The molecule has 0 spiro atoms. The van der Waals surface area contributed by atoms with Crippen molar-refractivity contribution in [2.45, 2.75) is 18.9 Å². The summed E-state index contributed by atoms with van der Waals surface area (Å²) in [5.74, 6) is 1.08. The zero-order valence-corrected chi connectivity index (χ0v) is 13.2. The Hall–Kier alpha value is -0.840. The predicted molar refractivity (Wildman–Crippen MR) is 83.2 cm³/mol. The Labute approximate surface area is 125 Å². The first-order chi connectivity index (χ1) is 9.29. The summed E-state index contributed by atoms with van der Waals surface area (Å²) in [6.07, 6.45) is 2.23. The van der Waals surface area contributed by atoms with Crippen LogP contribution in [0, 0.1) is 0 Å². The molecule has 0 saturated carbocycles. The van der Waals surface area contributed by atoms with Crippen molar-refractivity contribution >= 4 is 27.3 Å². The second-order valence-corrected chi connectivity index (χ2v) is 6.98. The van der Waals surface area contributed by atoms with Crippen molar-refractivity contribution in [3.05, 3.63) is 50.1 Å². The van der Waals surface area contributed by atoms with Gasteiger partial charge in [0.1, 0.15) is 5.75 Å². The van der Waals surface area contributed by atoms with Crippen LogP contribution >= 0.6 is 27.3 Å². The van der Waals surface area contributed by atoms with E-state index in [9.17, 15) is 0 Å². The molecule has 1 aliphatic heterocycles. The lowest BCUT2D eigenvalue weighted by atomic mass is 9.95. The fourth-order valence-electron chi connectivity index (χ4n) is 2.62. The van der Waals surface area contributed by atoms with Crippen LogP contribution in [0.4, 0.5) is 0 Å². The van der Waals surface area contributed by atoms with Gasteiger partial charge in [-0.15, -0.1) is 11.3 Å². The normalized spacial score (nSPS) is 15.7. The number of nitrogens with one attached hydrogen (secondary N) is 1. The Kier molecular flexibility index (Phi) is 3.91. The van der Waals surface area contributed by atoms with E-state index in [1.165, 1.54) is 16.7 Å². The maximum Gasteiger partial charge on any atom is 0.127 e. The van der Waals surface area contributed by atoms with E-state index in [1.54, 1.807) is 11.3 Å². The van der Waals surface area contributed by atoms with Crippen molar-refractivity contribution in [1.29, 1.82) is 0 Å². The van der Waals surface area contributed by atoms with Crippen molar-refractivity contribution in [3.63, 3.8) is 0 Å². The van der Waals surface area contributed by atoms with Crippen LogP contribution in [0.25, 0.3) is 0 Å². The zero-order chi connectivity index (χ0) is 13.2. The van der Waals surface area contributed by atoms with Gasteiger partial charge in [-0.3, -0.25) is 0 Å². The smallest absolute Gasteiger partial charge is 0.127 e. The van der Waals surface area contributed by atoms with E-state index in [2.05, 4.69) is 50.9 Å².